The lowest BCUT2D eigenvalue weighted by molar-refractivity contribution is -0.137. The Morgan fingerprint density at radius 3 is 2.48 bits per heavy atom. The zero-order valence-electron chi connectivity index (χ0n) is 11.4. The highest BCUT2D eigenvalue weighted by Crippen LogP contribution is 2.29. The van der Waals surface area contributed by atoms with Gasteiger partial charge < -0.3 is 4.42 Å². The van der Waals surface area contributed by atoms with Gasteiger partial charge in [-0.3, -0.25) is 0 Å². The smallest absolute Gasteiger partial charge is 0.416 e. The molecule has 23 heavy (non-hydrogen) atoms. The zero-order chi connectivity index (χ0) is 16.6. The Balaban J connectivity index is 1.80. The van der Waals surface area contributed by atoms with Crippen LogP contribution < -0.4 is 0 Å². The van der Waals surface area contributed by atoms with Gasteiger partial charge in [-0.15, -0.1) is 0 Å². The molecule has 1 aromatic heterocycles. The summed E-state index contributed by atoms with van der Waals surface area (Å²) in [6.45, 7) is 0. The molecule has 0 spiro atoms. The number of alkyl halides is 3. The molecule has 3 rings (SSSR count). The van der Waals surface area contributed by atoms with E-state index in [0.717, 1.165) is 16.6 Å². The maximum atomic E-state index is 12.5. The molecular formula is C15H9BrF3NO2S. The summed E-state index contributed by atoms with van der Waals surface area (Å²) in [7, 11) is -1.58. The molecule has 0 fully saturated rings. The first-order valence-electron chi connectivity index (χ1n) is 6.43. The van der Waals surface area contributed by atoms with E-state index in [2.05, 4.69) is 20.9 Å². The second-order valence-corrected chi connectivity index (χ2v) is 7.02. The molecule has 8 heteroatoms. The fraction of sp³-hybridized carbons (Fsp3) is 0.133. The highest BCUT2D eigenvalue weighted by Gasteiger charge is 2.30. The Hall–Kier alpha value is -1.67. The summed E-state index contributed by atoms with van der Waals surface area (Å²) in [5.41, 5.74) is 0.845. The van der Waals surface area contributed by atoms with Gasteiger partial charge in [-0.2, -0.15) is 13.2 Å². The van der Waals surface area contributed by atoms with E-state index in [4.69, 9.17) is 4.42 Å². The lowest BCUT2D eigenvalue weighted by atomic mass is 10.1. The molecular weight excluding hydrogens is 395 g/mol. The number of aromatic nitrogens is 1. The molecule has 0 aliphatic rings. The Morgan fingerprint density at radius 2 is 1.83 bits per heavy atom. The third-order valence-corrected chi connectivity index (χ3v) is 4.76. The average Bonchev–Trinajstić information content (AvgIpc) is 2.90. The molecule has 0 aliphatic carbocycles. The van der Waals surface area contributed by atoms with Gasteiger partial charge in [-0.25, -0.2) is 9.19 Å². The molecule has 0 N–H and O–H groups in total. The van der Waals surface area contributed by atoms with Gasteiger partial charge in [0.1, 0.15) is 16.3 Å². The van der Waals surface area contributed by atoms with Crippen molar-refractivity contribution in [1.29, 1.82) is 0 Å². The van der Waals surface area contributed by atoms with E-state index in [0.29, 0.717) is 16.7 Å². The van der Waals surface area contributed by atoms with Crippen molar-refractivity contribution in [2.75, 3.05) is 0 Å². The van der Waals surface area contributed by atoms with Crippen molar-refractivity contribution < 1.29 is 21.8 Å². The van der Waals surface area contributed by atoms with Crippen molar-refractivity contribution >= 4 is 37.8 Å². The van der Waals surface area contributed by atoms with E-state index in [1.165, 1.54) is 12.1 Å². The molecule has 0 aliphatic heterocycles. The molecule has 1 heterocycles. The minimum atomic E-state index is -4.38. The molecule has 0 saturated heterocycles. The van der Waals surface area contributed by atoms with E-state index in [9.17, 15) is 17.4 Å². The summed E-state index contributed by atoms with van der Waals surface area (Å²) in [5.74, 6) is 0.0339. The normalized spacial score (nSPS) is 13.4. The van der Waals surface area contributed by atoms with Gasteiger partial charge in [0.25, 0.3) is 5.22 Å². The summed E-state index contributed by atoms with van der Waals surface area (Å²) < 4.78 is 56.0. The molecule has 3 aromatic rings. The maximum Gasteiger partial charge on any atom is 0.416 e. The van der Waals surface area contributed by atoms with Crippen molar-refractivity contribution in [3.8, 4) is 0 Å². The zero-order valence-corrected chi connectivity index (χ0v) is 13.8. The van der Waals surface area contributed by atoms with Crippen molar-refractivity contribution in [2.24, 2.45) is 0 Å². The van der Waals surface area contributed by atoms with Crippen LogP contribution in [0.15, 0.2) is 56.6 Å². The van der Waals surface area contributed by atoms with Crippen LogP contribution >= 0.6 is 15.9 Å². The van der Waals surface area contributed by atoms with Crippen LogP contribution in [0.3, 0.4) is 0 Å². The first-order valence-corrected chi connectivity index (χ1v) is 8.55. The van der Waals surface area contributed by atoms with Crippen LogP contribution in [0.25, 0.3) is 11.1 Å². The minimum Gasteiger partial charge on any atom is -0.430 e. The Labute approximate surface area is 140 Å². The number of hydrogen-bond donors (Lipinski definition) is 0. The predicted octanol–water partition coefficient (Wildman–Crippen LogP) is 4.92. The molecule has 0 bridgehead atoms. The predicted molar refractivity (Wildman–Crippen MR) is 83.3 cm³/mol. The van der Waals surface area contributed by atoms with Crippen molar-refractivity contribution in [1.82, 2.24) is 4.98 Å². The molecule has 0 amide bonds. The quantitative estimate of drug-likeness (QED) is 0.623. The minimum absolute atomic E-state index is 0.0339. The third kappa shape index (κ3) is 3.64. The monoisotopic (exact) mass is 403 g/mol. The fourth-order valence-electron chi connectivity index (χ4n) is 1.98. The number of nitrogens with zero attached hydrogens (tertiary/aromatic N) is 1. The van der Waals surface area contributed by atoms with Crippen LogP contribution in [0.1, 0.15) is 11.1 Å². The Morgan fingerprint density at radius 1 is 1.13 bits per heavy atom. The standard InChI is InChI=1S/C15H9BrF3NO2S/c16-11-5-6-13-12(7-11)20-14(22-13)23(21)8-9-1-3-10(4-2-9)15(17,18)19/h1-7H,8H2. The SMILES string of the molecule is O=S(Cc1ccc(C(F)(F)F)cc1)c1nc2cc(Br)ccc2o1. The first kappa shape index (κ1) is 16.2. The van der Waals surface area contributed by atoms with Gasteiger partial charge >= 0.3 is 6.18 Å². The van der Waals surface area contributed by atoms with Gasteiger partial charge in [0.15, 0.2) is 5.58 Å². The Kier molecular flexibility index (Phi) is 4.29. The van der Waals surface area contributed by atoms with Crippen LogP contribution in [0, 0.1) is 0 Å². The molecule has 1 atom stereocenters. The number of rotatable bonds is 3. The second kappa shape index (κ2) is 6.09. The van der Waals surface area contributed by atoms with Gasteiger partial charge in [0.2, 0.25) is 0 Å². The van der Waals surface area contributed by atoms with Gasteiger partial charge in [-0.05, 0) is 35.9 Å². The van der Waals surface area contributed by atoms with Gasteiger partial charge in [0.05, 0.1) is 11.3 Å². The summed E-state index contributed by atoms with van der Waals surface area (Å²) in [4.78, 5) is 4.15. The largest absolute Gasteiger partial charge is 0.430 e. The summed E-state index contributed by atoms with van der Waals surface area (Å²) in [6, 6.07) is 9.75. The van der Waals surface area contributed by atoms with E-state index in [-0.39, 0.29) is 11.0 Å². The van der Waals surface area contributed by atoms with E-state index in [1.807, 2.05) is 0 Å². The number of hydrogen-bond acceptors (Lipinski definition) is 3. The van der Waals surface area contributed by atoms with Crippen LogP contribution in [-0.2, 0) is 22.7 Å². The highest BCUT2D eigenvalue weighted by molar-refractivity contribution is 9.10. The fourth-order valence-corrected chi connectivity index (χ4v) is 3.33. The molecule has 0 radical (unpaired) electrons. The summed E-state index contributed by atoms with van der Waals surface area (Å²) in [5, 5.41) is 0.0537. The van der Waals surface area contributed by atoms with Gasteiger partial charge in [0, 0.05) is 4.47 Å². The van der Waals surface area contributed by atoms with E-state index >= 15 is 0 Å². The maximum absolute atomic E-state index is 12.5. The lowest BCUT2D eigenvalue weighted by Crippen LogP contribution is -2.05. The van der Waals surface area contributed by atoms with E-state index in [1.54, 1.807) is 18.2 Å². The molecule has 2 aromatic carbocycles. The number of fused-ring (bicyclic) bond motifs is 1. The molecule has 3 nitrogen and oxygen atoms in total. The topological polar surface area (TPSA) is 43.1 Å². The third-order valence-electron chi connectivity index (χ3n) is 3.10. The first-order chi connectivity index (χ1) is 10.8. The number of benzene rings is 2. The molecule has 1 unspecified atom stereocenters. The van der Waals surface area contributed by atoms with Crippen molar-refractivity contribution in [2.45, 2.75) is 17.2 Å². The number of halogens is 4. The second-order valence-electron chi connectivity index (χ2n) is 4.78. The van der Waals surface area contributed by atoms with Crippen LogP contribution in [0.5, 0.6) is 0 Å². The summed E-state index contributed by atoms with van der Waals surface area (Å²) in [6.07, 6.45) is -4.38. The van der Waals surface area contributed by atoms with Crippen LogP contribution in [0.2, 0.25) is 0 Å². The lowest BCUT2D eigenvalue weighted by Gasteiger charge is -2.06. The molecule has 120 valence electrons. The van der Waals surface area contributed by atoms with E-state index < -0.39 is 22.5 Å². The van der Waals surface area contributed by atoms with Crippen LogP contribution in [0.4, 0.5) is 13.2 Å². The van der Waals surface area contributed by atoms with Crippen molar-refractivity contribution in [3.05, 3.63) is 58.1 Å². The molecule has 0 saturated carbocycles. The Bertz CT molecular complexity index is 875. The van der Waals surface area contributed by atoms with Crippen LogP contribution in [-0.4, -0.2) is 9.19 Å². The number of oxazole rings is 1. The highest BCUT2D eigenvalue weighted by atomic mass is 79.9. The van der Waals surface area contributed by atoms with Crippen molar-refractivity contribution in [3.63, 3.8) is 0 Å². The summed E-state index contributed by atoms with van der Waals surface area (Å²) >= 11 is 3.31. The van der Waals surface area contributed by atoms with Gasteiger partial charge in [-0.1, -0.05) is 28.1 Å². The average molecular weight is 404 g/mol.